The van der Waals surface area contributed by atoms with Gasteiger partial charge in [-0.25, -0.2) is 4.98 Å². The molecule has 1 aliphatic heterocycles. The van der Waals surface area contributed by atoms with Crippen LogP contribution in [0.4, 0.5) is 11.5 Å². The van der Waals surface area contributed by atoms with Crippen LogP contribution in [0, 0.1) is 10.1 Å². The van der Waals surface area contributed by atoms with E-state index in [2.05, 4.69) is 31.5 Å². The van der Waals surface area contributed by atoms with Crippen LogP contribution in [0.5, 0.6) is 0 Å². The van der Waals surface area contributed by atoms with Gasteiger partial charge in [0.05, 0.1) is 4.92 Å². The Hall–Kier alpha value is -1.70. The molecule has 2 rings (SSSR count). The molecule has 0 aromatic carbocycles. The van der Waals surface area contributed by atoms with Gasteiger partial charge in [0.25, 0.3) is 0 Å². The second-order valence-electron chi connectivity index (χ2n) is 3.91. The Kier molecular flexibility index (Phi) is 3.75. The van der Waals surface area contributed by atoms with Crippen molar-refractivity contribution in [3.05, 3.63) is 26.9 Å². The number of nitrogens with zero attached hydrogens (tertiary/aromatic N) is 2. The number of amides is 1. The summed E-state index contributed by atoms with van der Waals surface area (Å²) in [7, 11) is 0. The van der Waals surface area contributed by atoms with Gasteiger partial charge < -0.3 is 10.6 Å². The Morgan fingerprint density at radius 1 is 1.61 bits per heavy atom. The maximum absolute atomic E-state index is 11.6. The van der Waals surface area contributed by atoms with Gasteiger partial charge in [0.1, 0.15) is 6.04 Å². The third kappa shape index (κ3) is 2.76. The monoisotopic (exact) mass is 314 g/mol. The number of nitrogens with one attached hydrogen (secondary N) is 2. The van der Waals surface area contributed by atoms with Crippen molar-refractivity contribution in [2.45, 2.75) is 18.9 Å². The fourth-order valence-electron chi connectivity index (χ4n) is 1.75. The SMILES string of the molecule is O=C1NCCCC1Nc1ncc(Br)cc1[N+](=O)[O-]. The van der Waals surface area contributed by atoms with Crippen molar-refractivity contribution in [2.24, 2.45) is 0 Å². The van der Waals surface area contributed by atoms with Crippen molar-refractivity contribution in [2.75, 3.05) is 11.9 Å². The minimum absolute atomic E-state index is 0.116. The third-order valence-corrected chi connectivity index (χ3v) is 3.06. The molecule has 96 valence electrons. The first-order chi connectivity index (χ1) is 8.58. The van der Waals surface area contributed by atoms with Crippen LogP contribution in [-0.4, -0.2) is 28.4 Å². The van der Waals surface area contributed by atoms with E-state index in [1.54, 1.807) is 0 Å². The van der Waals surface area contributed by atoms with Gasteiger partial charge >= 0.3 is 5.69 Å². The summed E-state index contributed by atoms with van der Waals surface area (Å²) in [6.45, 7) is 0.646. The van der Waals surface area contributed by atoms with E-state index in [4.69, 9.17) is 0 Å². The predicted octanol–water partition coefficient (Wildman–Crippen LogP) is 1.44. The molecule has 1 aromatic rings. The summed E-state index contributed by atoms with van der Waals surface area (Å²) in [4.78, 5) is 25.9. The lowest BCUT2D eigenvalue weighted by atomic mass is 10.1. The maximum Gasteiger partial charge on any atom is 0.312 e. The van der Waals surface area contributed by atoms with Gasteiger partial charge in [0.2, 0.25) is 11.7 Å². The van der Waals surface area contributed by atoms with Crippen molar-refractivity contribution >= 4 is 33.3 Å². The van der Waals surface area contributed by atoms with Gasteiger partial charge in [-0.2, -0.15) is 0 Å². The van der Waals surface area contributed by atoms with E-state index in [0.717, 1.165) is 6.42 Å². The Balaban J connectivity index is 2.22. The topological polar surface area (TPSA) is 97.2 Å². The molecule has 0 radical (unpaired) electrons. The van der Waals surface area contributed by atoms with Gasteiger partial charge in [-0.15, -0.1) is 0 Å². The Bertz CT molecular complexity index is 494. The lowest BCUT2D eigenvalue weighted by Gasteiger charge is -2.22. The Labute approximate surface area is 111 Å². The molecule has 1 saturated heterocycles. The number of pyridine rings is 1. The summed E-state index contributed by atoms with van der Waals surface area (Å²) in [5.74, 6) is -0.0366. The molecule has 8 heteroatoms. The minimum Gasteiger partial charge on any atom is -0.354 e. The standard InChI is InChI=1S/C10H11BrN4O3/c11-6-4-8(15(17)18)9(13-5-6)14-7-2-1-3-12-10(7)16/h4-5,7H,1-3H2,(H,12,16)(H,13,14). The fourth-order valence-corrected chi connectivity index (χ4v) is 2.07. The number of piperidine rings is 1. The van der Waals surface area contributed by atoms with E-state index in [1.165, 1.54) is 12.3 Å². The number of nitro groups is 1. The number of hydrogen-bond acceptors (Lipinski definition) is 5. The number of anilines is 1. The van der Waals surface area contributed by atoms with E-state index >= 15 is 0 Å². The zero-order valence-corrected chi connectivity index (χ0v) is 10.9. The van der Waals surface area contributed by atoms with Gasteiger partial charge in [-0.05, 0) is 28.8 Å². The normalized spacial score (nSPS) is 19.2. The van der Waals surface area contributed by atoms with Crippen LogP contribution >= 0.6 is 15.9 Å². The maximum atomic E-state index is 11.6. The molecule has 1 unspecified atom stereocenters. The van der Waals surface area contributed by atoms with Crippen molar-refractivity contribution in [1.29, 1.82) is 0 Å². The Morgan fingerprint density at radius 3 is 3.06 bits per heavy atom. The van der Waals surface area contributed by atoms with Gasteiger partial charge in [0.15, 0.2) is 0 Å². The lowest BCUT2D eigenvalue weighted by Crippen LogP contribution is -2.44. The highest BCUT2D eigenvalue weighted by Gasteiger charge is 2.25. The van der Waals surface area contributed by atoms with E-state index in [-0.39, 0.29) is 17.4 Å². The smallest absolute Gasteiger partial charge is 0.312 e. The molecule has 0 bridgehead atoms. The summed E-state index contributed by atoms with van der Waals surface area (Å²) >= 11 is 3.13. The molecular weight excluding hydrogens is 304 g/mol. The average Bonchev–Trinajstić information content (AvgIpc) is 2.34. The highest BCUT2D eigenvalue weighted by atomic mass is 79.9. The first kappa shape index (κ1) is 12.7. The van der Waals surface area contributed by atoms with Gasteiger partial charge in [0, 0.05) is 23.3 Å². The first-order valence-corrected chi connectivity index (χ1v) is 6.21. The number of aromatic nitrogens is 1. The zero-order valence-electron chi connectivity index (χ0n) is 9.35. The highest BCUT2D eigenvalue weighted by Crippen LogP contribution is 2.26. The van der Waals surface area contributed by atoms with Crippen LogP contribution in [0.25, 0.3) is 0 Å². The Morgan fingerprint density at radius 2 is 2.39 bits per heavy atom. The molecule has 2 N–H and O–H groups in total. The van der Waals surface area contributed by atoms with E-state index in [1.807, 2.05) is 0 Å². The first-order valence-electron chi connectivity index (χ1n) is 5.42. The number of rotatable bonds is 3. The summed E-state index contributed by atoms with van der Waals surface area (Å²) < 4.78 is 0.521. The van der Waals surface area contributed by atoms with Gasteiger partial charge in [-0.3, -0.25) is 14.9 Å². The zero-order chi connectivity index (χ0) is 13.1. The van der Waals surface area contributed by atoms with Gasteiger partial charge in [-0.1, -0.05) is 0 Å². The summed E-state index contributed by atoms with van der Waals surface area (Å²) in [6, 6.07) is 0.891. The van der Waals surface area contributed by atoms with Crippen LogP contribution in [-0.2, 0) is 4.79 Å². The van der Waals surface area contributed by atoms with Crippen molar-refractivity contribution < 1.29 is 9.72 Å². The largest absolute Gasteiger partial charge is 0.354 e. The quantitative estimate of drug-likeness (QED) is 0.650. The lowest BCUT2D eigenvalue weighted by molar-refractivity contribution is -0.384. The molecule has 7 nitrogen and oxygen atoms in total. The van der Waals surface area contributed by atoms with Crippen LogP contribution in [0.3, 0.4) is 0 Å². The molecule has 1 aliphatic rings. The summed E-state index contributed by atoms with van der Waals surface area (Å²) in [6.07, 6.45) is 2.94. The third-order valence-electron chi connectivity index (χ3n) is 2.63. The van der Waals surface area contributed by atoms with Crippen LogP contribution < -0.4 is 10.6 Å². The minimum atomic E-state index is -0.527. The number of carbonyl (C=O) groups excluding carboxylic acids is 1. The second-order valence-corrected chi connectivity index (χ2v) is 4.82. The molecule has 1 aromatic heterocycles. The molecule has 18 heavy (non-hydrogen) atoms. The van der Waals surface area contributed by atoms with Crippen molar-refractivity contribution in [3.8, 4) is 0 Å². The van der Waals surface area contributed by atoms with Crippen molar-refractivity contribution in [3.63, 3.8) is 0 Å². The number of halogens is 1. The van der Waals surface area contributed by atoms with Crippen LogP contribution in [0.2, 0.25) is 0 Å². The van der Waals surface area contributed by atoms with Crippen molar-refractivity contribution in [1.82, 2.24) is 10.3 Å². The molecule has 0 spiro atoms. The molecule has 0 aliphatic carbocycles. The predicted molar refractivity (Wildman–Crippen MR) is 68.2 cm³/mol. The summed E-state index contributed by atoms with van der Waals surface area (Å²) in [5.41, 5.74) is -0.150. The molecular formula is C10H11BrN4O3. The van der Waals surface area contributed by atoms with Crippen LogP contribution in [0.1, 0.15) is 12.8 Å². The molecule has 1 fully saturated rings. The van der Waals surface area contributed by atoms with Crippen LogP contribution in [0.15, 0.2) is 16.7 Å². The average molecular weight is 315 g/mol. The fraction of sp³-hybridized carbons (Fsp3) is 0.400. The van der Waals surface area contributed by atoms with E-state index in [9.17, 15) is 14.9 Å². The van der Waals surface area contributed by atoms with E-state index < -0.39 is 11.0 Å². The van der Waals surface area contributed by atoms with E-state index in [0.29, 0.717) is 17.4 Å². The molecule has 0 saturated carbocycles. The molecule has 1 amide bonds. The second kappa shape index (κ2) is 5.30. The number of hydrogen-bond donors (Lipinski definition) is 2. The number of carbonyl (C=O) groups is 1. The highest BCUT2D eigenvalue weighted by molar-refractivity contribution is 9.10. The molecule has 2 heterocycles. The summed E-state index contributed by atoms with van der Waals surface area (Å²) in [5, 5.41) is 16.4. The molecule has 1 atom stereocenters.